The summed E-state index contributed by atoms with van der Waals surface area (Å²) in [6.45, 7) is -0.962. The molecule has 3 heterocycles. The summed E-state index contributed by atoms with van der Waals surface area (Å²) in [6, 6.07) is 6.20. The average Bonchev–Trinajstić information content (AvgIpc) is 3.37. The van der Waals surface area contributed by atoms with Crippen molar-refractivity contribution in [1.82, 2.24) is 19.5 Å². The molecule has 20 heteroatoms. The molecule has 18 nitrogen and oxygen atoms in total. The summed E-state index contributed by atoms with van der Waals surface area (Å²) < 4.78 is 43.4. The summed E-state index contributed by atoms with van der Waals surface area (Å²) in [5, 5.41) is 13.8. The molecule has 0 spiro atoms. The maximum Gasteiger partial charge on any atom is 0.481 e. The van der Waals surface area contributed by atoms with Crippen LogP contribution in [0.2, 0.25) is 0 Å². The fourth-order valence-corrected chi connectivity index (χ4v) is 5.37. The number of fused-ring (bicyclic) bond motifs is 1. The molecule has 1 unspecified atom stereocenters. The summed E-state index contributed by atoms with van der Waals surface area (Å²) in [5.41, 5.74) is -1.66. The van der Waals surface area contributed by atoms with Gasteiger partial charge in [0.15, 0.2) is 17.8 Å². The number of carbonyl (C=O) groups excluding carboxylic acids is 1. The smallest absolute Gasteiger partial charge is 0.453 e. The van der Waals surface area contributed by atoms with E-state index in [-0.39, 0.29) is 16.7 Å². The van der Waals surface area contributed by atoms with Crippen LogP contribution in [0.3, 0.4) is 0 Å². The zero-order valence-electron chi connectivity index (χ0n) is 19.2. The summed E-state index contributed by atoms with van der Waals surface area (Å²) >= 11 is 0. The molecule has 1 aromatic carbocycles. The van der Waals surface area contributed by atoms with Crippen LogP contribution in [0.1, 0.15) is 16.6 Å². The Hall–Kier alpha value is -3.18. The Morgan fingerprint density at radius 1 is 1.21 bits per heavy atom. The first kappa shape index (κ1) is 27.8. The fraction of sp³-hybridized carbons (Fsp3) is 0.333. The topological polar surface area (TPSA) is 265 Å². The molecule has 206 valence electrons. The number of benzene rings is 1. The molecule has 0 radical (unpaired) electrons. The van der Waals surface area contributed by atoms with Gasteiger partial charge in [-0.15, -0.1) is 0 Å². The van der Waals surface area contributed by atoms with Crippen LogP contribution in [-0.2, 0) is 27.4 Å². The monoisotopic (exact) mass is 577 g/mol. The van der Waals surface area contributed by atoms with Crippen LogP contribution < -0.4 is 16.6 Å². The van der Waals surface area contributed by atoms with Gasteiger partial charge in [-0.05, 0) is 12.1 Å². The number of hydrogen-bond acceptors (Lipinski definition) is 12. The van der Waals surface area contributed by atoms with Crippen molar-refractivity contribution in [2.24, 2.45) is 0 Å². The van der Waals surface area contributed by atoms with E-state index >= 15 is 0 Å². The van der Waals surface area contributed by atoms with E-state index in [9.17, 15) is 33.5 Å². The third-order valence-electron chi connectivity index (χ3n) is 5.32. The van der Waals surface area contributed by atoms with Crippen molar-refractivity contribution in [3.05, 3.63) is 57.0 Å². The third kappa shape index (κ3) is 5.94. The van der Waals surface area contributed by atoms with Crippen LogP contribution in [-0.4, -0.2) is 77.2 Å². The van der Waals surface area contributed by atoms with Crippen molar-refractivity contribution in [2.75, 3.05) is 19.0 Å². The second-order valence-corrected chi connectivity index (χ2v) is 10.6. The van der Waals surface area contributed by atoms with Gasteiger partial charge in [0.05, 0.1) is 18.5 Å². The number of hydrogen-bond donors (Lipinski definition) is 7. The number of aliphatic hydroxyl groups is 1. The van der Waals surface area contributed by atoms with E-state index in [1.165, 1.54) is 6.07 Å². The van der Waals surface area contributed by atoms with Crippen LogP contribution in [0.5, 0.6) is 0 Å². The minimum absolute atomic E-state index is 0.0620. The second-order valence-electron chi connectivity index (χ2n) is 7.82. The Labute approximate surface area is 211 Å². The molecule has 0 bridgehead atoms. The van der Waals surface area contributed by atoms with Crippen molar-refractivity contribution in [2.45, 2.75) is 24.5 Å². The molecular weight excluding hydrogens is 556 g/mol. The van der Waals surface area contributed by atoms with Crippen LogP contribution in [0.25, 0.3) is 11.2 Å². The highest BCUT2D eigenvalue weighted by Crippen LogP contribution is 2.57. The first-order valence-electron chi connectivity index (χ1n) is 10.5. The number of aromatic nitrogens is 4. The number of phosphoric acid groups is 2. The van der Waals surface area contributed by atoms with Crippen LogP contribution in [0, 0.1) is 0 Å². The zero-order valence-corrected chi connectivity index (χ0v) is 20.9. The second kappa shape index (κ2) is 10.5. The number of anilines is 1. The highest BCUT2D eigenvalue weighted by Gasteiger charge is 2.49. The number of phosphoric ester groups is 1. The Bertz CT molecular complexity index is 1560. The van der Waals surface area contributed by atoms with Crippen molar-refractivity contribution in [3.8, 4) is 0 Å². The number of nitrogens with zero attached hydrogens (tertiary/aromatic N) is 2. The maximum absolute atomic E-state index is 12.9. The predicted octanol–water partition coefficient (Wildman–Crippen LogP) is -0.835. The van der Waals surface area contributed by atoms with E-state index in [1.807, 2.05) is 4.98 Å². The normalized spacial score (nSPS) is 23.3. The van der Waals surface area contributed by atoms with Gasteiger partial charge in [-0.2, -0.15) is 4.31 Å². The molecular formula is C18H21N5O13P2. The van der Waals surface area contributed by atoms with E-state index in [0.29, 0.717) is 5.69 Å². The van der Waals surface area contributed by atoms with Crippen LogP contribution >= 0.6 is 15.6 Å². The van der Waals surface area contributed by atoms with Crippen LogP contribution in [0.15, 0.2) is 40.2 Å². The minimum Gasteiger partial charge on any atom is -0.453 e. The van der Waals surface area contributed by atoms with Gasteiger partial charge < -0.3 is 34.6 Å². The molecule has 0 aliphatic carbocycles. The van der Waals surface area contributed by atoms with Gasteiger partial charge in [-0.25, -0.2) is 23.7 Å². The fourth-order valence-electron chi connectivity index (χ4n) is 3.77. The molecule has 2 aromatic heterocycles. The van der Waals surface area contributed by atoms with E-state index < -0.39 is 64.0 Å². The SMILES string of the molecule is CNc1ccccc1C(=O)O[C@@H]1[C@H](O)[C@@H](n2cnc3c(=O)[nH]c(=O)[nH]c32)O[C@H]1COP(=O)(O)OP(=O)(O)O. The molecule has 1 saturated heterocycles. The molecule has 1 aliphatic rings. The number of nitrogens with one attached hydrogen (secondary N) is 3. The Balaban J connectivity index is 1.66. The molecule has 5 atom stereocenters. The Morgan fingerprint density at radius 2 is 1.92 bits per heavy atom. The minimum atomic E-state index is -5.44. The first-order valence-corrected chi connectivity index (χ1v) is 13.6. The van der Waals surface area contributed by atoms with Gasteiger partial charge in [0.2, 0.25) is 0 Å². The number of para-hydroxylation sites is 1. The lowest BCUT2D eigenvalue weighted by atomic mass is 10.1. The van der Waals surface area contributed by atoms with Gasteiger partial charge in [-0.3, -0.25) is 23.9 Å². The molecule has 0 amide bonds. The van der Waals surface area contributed by atoms with E-state index in [1.54, 1.807) is 25.2 Å². The first-order chi connectivity index (χ1) is 17.8. The molecule has 7 N–H and O–H groups in total. The summed E-state index contributed by atoms with van der Waals surface area (Å²) in [7, 11) is -9.22. The molecule has 0 saturated carbocycles. The van der Waals surface area contributed by atoms with Gasteiger partial charge >= 0.3 is 27.3 Å². The lowest BCUT2D eigenvalue weighted by Crippen LogP contribution is -2.38. The number of imidazole rings is 1. The highest BCUT2D eigenvalue weighted by molar-refractivity contribution is 7.60. The standard InChI is InChI=1S/C18H21N5O13P2/c1-19-9-5-3-2-4-8(9)17(26)35-13-10(6-33-38(31,32)36-37(28,29)30)34-16(12(13)24)23-7-20-11-14(23)21-18(27)22-15(11)25/h2-5,7,10,12-13,16,19,24H,6H2,1H3,(H,31,32)(H2,28,29,30)(H2,21,22,25,27)/t10-,12-,13-,16-/m0/s1. The lowest BCUT2D eigenvalue weighted by Gasteiger charge is -2.22. The molecule has 38 heavy (non-hydrogen) atoms. The maximum atomic E-state index is 12.9. The van der Waals surface area contributed by atoms with Gasteiger partial charge in [-0.1, -0.05) is 12.1 Å². The van der Waals surface area contributed by atoms with Crippen molar-refractivity contribution < 1.29 is 52.0 Å². The summed E-state index contributed by atoms with van der Waals surface area (Å²) in [4.78, 5) is 72.2. The predicted molar refractivity (Wildman–Crippen MR) is 125 cm³/mol. The molecule has 3 aromatic rings. The largest absolute Gasteiger partial charge is 0.481 e. The number of rotatable bonds is 9. The number of ether oxygens (including phenoxy) is 2. The van der Waals surface area contributed by atoms with Gasteiger partial charge in [0.25, 0.3) is 5.56 Å². The number of aromatic amines is 2. The van der Waals surface area contributed by atoms with E-state index in [4.69, 9.17) is 19.3 Å². The van der Waals surface area contributed by atoms with Crippen molar-refractivity contribution >= 4 is 38.5 Å². The van der Waals surface area contributed by atoms with Gasteiger partial charge in [0, 0.05) is 12.7 Å². The summed E-state index contributed by atoms with van der Waals surface area (Å²) in [5.74, 6) is -0.938. The van der Waals surface area contributed by atoms with Crippen LogP contribution in [0.4, 0.5) is 5.69 Å². The highest BCUT2D eigenvalue weighted by atomic mass is 31.3. The number of H-pyrrole nitrogens is 2. The van der Waals surface area contributed by atoms with Crippen molar-refractivity contribution in [1.29, 1.82) is 0 Å². The van der Waals surface area contributed by atoms with E-state index in [2.05, 4.69) is 24.1 Å². The Morgan fingerprint density at radius 3 is 2.61 bits per heavy atom. The van der Waals surface area contributed by atoms with Gasteiger partial charge in [0.1, 0.15) is 17.9 Å². The number of carbonyl (C=O) groups is 1. The number of aliphatic hydroxyl groups excluding tert-OH is 1. The zero-order chi connectivity index (χ0) is 27.8. The Kier molecular flexibility index (Phi) is 7.72. The molecule has 1 aliphatic heterocycles. The summed E-state index contributed by atoms with van der Waals surface area (Å²) in [6.07, 6.45) is -5.28. The lowest BCUT2D eigenvalue weighted by molar-refractivity contribution is -0.0520. The molecule has 4 rings (SSSR count). The third-order valence-corrected chi connectivity index (χ3v) is 7.47. The average molecular weight is 577 g/mol. The number of esters is 1. The molecule has 1 fully saturated rings. The van der Waals surface area contributed by atoms with Crippen molar-refractivity contribution in [3.63, 3.8) is 0 Å². The van der Waals surface area contributed by atoms with E-state index in [0.717, 1.165) is 10.9 Å². The quantitative estimate of drug-likeness (QED) is 0.121.